The van der Waals surface area contributed by atoms with E-state index < -0.39 is 11.5 Å². The predicted octanol–water partition coefficient (Wildman–Crippen LogP) is 2.79. The minimum absolute atomic E-state index is 0.0617. The molecule has 3 N–H and O–H groups in total. The van der Waals surface area contributed by atoms with Crippen LogP contribution < -0.4 is 16.2 Å². The number of fused-ring (bicyclic) bond motifs is 1. The zero-order valence-corrected chi connectivity index (χ0v) is 15.6. The molecule has 0 fully saturated rings. The second kappa shape index (κ2) is 7.40. The second-order valence-corrected chi connectivity index (χ2v) is 6.39. The number of carbonyl (C=O) groups is 1. The van der Waals surface area contributed by atoms with E-state index >= 15 is 0 Å². The van der Waals surface area contributed by atoms with E-state index in [9.17, 15) is 20.0 Å². The number of carboxylic acid groups (broad SMARTS) is 1. The molecule has 0 amide bonds. The van der Waals surface area contributed by atoms with E-state index in [-0.39, 0.29) is 23.0 Å². The number of para-hydroxylation sites is 1. The van der Waals surface area contributed by atoms with Crippen molar-refractivity contribution in [1.29, 1.82) is 5.26 Å². The molecular weight excluding hydrogens is 358 g/mol. The number of aromatic nitrogens is 2. The molecule has 28 heavy (non-hydrogen) atoms. The number of hydrogen-bond donors (Lipinski definition) is 3. The van der Waals surface area contributed by atoms with Crippen LogP contribution in [0.15, 0.2) is 41.3 Å². The maximum Gasteiger partial charge on any atom is 0.337 e. The molecule has 1 unspecified atom stereocenters. The third-order valence-corrected chi connectivity index (χ3v) is 4.43. The van der Waals surface area contributed by atoms with E-state index in [0.29, 0.717) is 16.9 Å². The van der Waals surface area contributed by atoms with Crippen LogP contribution in [-0.2, 0) is 0 Å². The standard InChI is InChI=1S/C20H19N5O3/c1-11-8-14(12(2)23-16-7-5-4-6-13(16)20(27)28)18-24-17(22-3)15(9-21)19(26)25(18)10-11/h4-8,10,12,22-23H,1-3H3,(H,27,28). The number of rotatable bonds is 5. The van der Waals surface area contributed by atoms with E-state index in [1.54, 1.807) is 31.4 Å². The number of aromatic carboxylic acids is 1. The maximum absolute atomic E-state index is 12.7. The highest BCUT2D eigenvalue weighted by atomic mass is 16.4. The average molecular weight is 377 g/mol. The Morgan fingerprint density at radius 1 is 1.36 bits per heavy atom. The summed E-state index contributed by atoms with van der Waals surface area (Å²) in [6.45, 7) is 3.70. The van der Waals surface area contributed by atoms with Crippen molar-refractivity contribution in [2.75, 3.05) is 17.7 Å². The van der Waals surface area contributed by atoms with Gasteiger partial charge in [-0.1, -0.05) is 12.1 Å². The third kappa shape index (κ3) is 3.25. The molecule has 0 radical (unpaired) electrons. The molecular formula is C20H19N5O3. The molecule has 0 bridgehead atoms. The molecule has 0 saturated carbocycles. The second-order valence-electron chi connectivity index (χ2n) is 6.39. The normalized spacial score (nSPS) is 11.6. The van der Waals surface area contributed by atoms with Crippen molar-refractivity contribution in [2.24, 2.45) is 0 Å². The molecule has 1 atom stereocenters. The van der Waals surface area contributed by atoms with Crippen LogP contribution in [0, 0.1) is 18.3 Å². The number of nitrogens with zero attached hydrogens (tertiary/aromatic N) is 3. The molecule has 0 aliphatic heterocycles. The van der Waals surface area contributed by atoms with Crippen molar-refractivity contribution < 1.29 is 9.90 Å². The van der Waals surface area contributed by atoms with Crippen molar-refractivity contribution in [3.63, 3.8) is 0 Å². The smallest absolute Gasteiger partial charge is 0.337 e. The molecule has 0 aliphatic rings. The van der Waals surface area contributed by atoms with Gasteiger partial charge in [0.2, 0.25) is 0 Å². The lowest BCUT2D eigenvalue weighted by atomic mass is 10.1. The Kier molecular flexibility index (Phi) is 5.00. The molecule has 142 valence electrons. The van der Waals surface area contributed by atoms with Gasteiger partial charge in [0.05, 0.1) is 11.6 Å². The Labute approximate surface area is 161 Å². The fourth-order valence-electron chi connectivity index (χ4n) is 3.11. The molecule has 0 spiro atoms. The van der Waals surface area contributed by atoms with Gasteiger partial charge in [-0.15, -0.1) is 0 Å². The van der Waals surface area contributed by atoms with Gasteiger partial charge in [-0.3, -0.25) is 9.20 Å². The lowest BCUT2D eigenvalue weighted by Crippen LogP contribution is -2.23. The van der Waals surface area contributed by atoms with Gasteiger partial charge in [-0.25, -0.2) is 9.78 Å². The largest absolute Gasteiger partial charge is 0.478 e. The van der Waals surface area contributed by atoms with Crippen LogP contribution in [0.4, 0.5) is 11.5 Å². The van der Waals surface area contributed by atoms with E-state index in [4.69, 9.17) is 0 Å². The van der Waals surface area contributed by atoms with Crippen LogP contribution in [0.2, 0.25) is 0 Å². The van der Waals surface area contributed by atoms with Gasteiger partial charge in [0.15, 0.2) is 11.4 Å². The zero-order valence-electron chi connectivity index (χ0n) is 15.6. The number of pyridine rings is 1. The molecule has 3 aromatic rings. The monoisotopic (exact) mass is 377 g/mol. The third-order valence-electron chi connectivity index (χ3n) is 4.43. The molecule has 3 rings (SSSR count). The summed E-state index contributed by atoms with van der Waals surface area (Å²) < 4.78 is 1.35. The van der Waals surface area contributed by atoms with Crippen LogP contribution in [0.3, 0.4) is 0 Å². The van der Waals surface area contributed by atoms with Gasteiger partial charge >= 0.3 is 5.97 Å². The highest BCUT2D eigenvalue weighted by Gasteiger charge is 2.19. The summed E-state index contributed by atoms with van der Waals surface area (Å²) in [5.74, 6) is -0.828. The first-order valence-electron chi connectivity index (χ1n) is 8.61. The van der Waals surface area contributed by atoms with E-state index in [0.717, 1.165) is 5.56 Å². The molecule has 1 aromatic carbocycles. The lowest BCUT2D eigenvalue weighted by molar-refractivity contribution is 0.0698. The van der Waals surface area contributed by atoms with Gasteiger partial charge < -0.3 is 15.7 Å². The van der Waals surface area contributed by atoms with Crippen molar-refractivity contribution in [2.45, 2.75) is 19.9 Å². The number of anilines is 2. The quantitative estimate of drug-likeness (QED) is 0.625. The van der Waals surface area contributed by atoms with Crippen LogP contribution in [-0.4, -0.2) is 27.5 Å². The van der Waals surface area contributed by atoms with Gasteiger partial charge in [0.1, 0.15) is 11.7 Å². The fraction of sp³-hybridized carbons (Fsp3) is 0.200. The topological polar surface area (TPSA) is 120 Å². The van der Waals surface area contributed by atoms with Crippen LogP contribution in [0.5, 0.6) is 0 Å². The number of nitrogens with one attached hydrogen (secondary N) is 2. The molecule has 0 aliphatic carbocycles. The number of hydrogen-bond acceptors (Lipinski definition) is 6. The summed E-state index contributed by atoms with van der Waals surface area (Å²) in [5, 5.41) is 24.7. The minimum atomic E-state index is -1.03. The molecule has 0 saturated heterocycles. The average Bonchev–Trinajstić information content (AvgIpc) is 2.67. The Morgan fingerprint density at radius 2 is 2.07 bits per heavy atom. The summed E-state index contributed by atoms with van der Waals surface area (Å²) >= 11 is 0. The Bertz CT molecular complexity index is 1180. The van der Waals surface area contributed by atoms with Crippen molar-refractivity contribution in [1.82, 2.24) is 9.38 Å². The van der Waals surface area contributed by atoms with Crippen molar-refractivity contribution >= 4 is 23.1 Å². The minimum Gasteiger partial charge on any atom is -0.478 e. The number of carboxylic acids is 1. The van der Waals surface area contributed by atoms with Crippen molar-refractivity contribution in [3.8, 4) is 6.07 Å². The van der Waals surface area contributed by atoms with E-state index in [1.165, 1.54) is 10.5 Å². The Hall–Kier alpha value is -3.86. The number of aryl methyl sites for hydroxylation is 1. The van der Waals surface area contributed by atoms with Gasteiger partial charge in [0.25, 0.3) is 5.56 Å². The lowest BCUT2D eigenvalue weighted by Gasteiger charge is -2.20. The summed E-state index contributed by atoms with van der Waals surface area (Å²) in [6, 6.07) is 10.0. The van der Waals surface area contributed by atoms with Gasteiger partial charge in [-0.2, -0.15) is 5.26 Å². The van der Waals surface area contributed by atoms with Crippen molar-refractivity contribution in [3.05, 3.63) is 69.1 Å². The molecule has 8 nitrogen and oxygen atoms in total. The highest BCUT2D eigenvalue weighted by Crippen LogP contribution is 2.26. The van der Waals surface area contributed by atoms with Crippen LogP contribution >= 0.6 is 0 Å². The Balaban J connectivity index is 2.18. The SMILES string of the molecule is CNc1nc2c(C(C)Nc3ccccc3C(=O)O)cc(C)cn2c(=O)c1C#N. The summed E-state index contributed by atoms with van der Waals surface area (Å²) in [4.78, 5) is 28.7. The first kappa shape index (κ1) is 18.9. The Morgan fingerprint density at radius 3 is 2.71 bits per heavy atom. The number of nitriles is 1. The zero-order chi connectivity index (χ0) is 20.4. The fourth-order valence-corrected chi connectivity index (χ4v) is 3.11. The van der Waals surface area contributed by atoms with E-state index in [2.05, 4.69) is 15.6 Å². The maximum atomic E-state index is 12.7. The summed E-state index contributed by atoms with van der Waals surface area (Å²) in [7, 11) is 1.60. The molecule has 8 heteroatoms. The highest BCUT2D eigenvalue weighted by molar-refractivity contribution is 5.94. The first-order chi connectivity index (χ1) is 13.4. The predicted molar refractivity (Wildman–Crippen MR) is 106 cm³/mol. The van der Waals surface area contributed by atoms with Crippen LogP contribution in [0.1, 0.15) is 40.0 Å². The number of benzene rings is 1. The van der Waals surface area contributed by atoms with Gasteiger partial charge in [-0.05, 0) is 37.6 Å². The molecule has 2 heterocycles. The van der Waals surface area contributed by atoms with Gasteiger partial charge in [0, 0.05) is 24.5 Å². The summed E-state index contributed by atoms with van der Waals surface area (Å²) in [6.07, 6.45) is 1.63. The van der Waals surface area contributed by atoms with E-state index in [1.807, 2.05) is 26.0 Å². The first-order valence-corrected chi connectivity index (χ1v) is 8.61. The summed E-state index contributed by atoms with van der Waals surface area (Å²) in [5.41, 5.74) is 2.01. The molecule has 2 aromatic heterocycles. The van der Waals surface area contributed by atoms with Crippen LogP contribution in [0.25, 0.3) is 5.65 Å².